The van der Waals surface area contributed by atoms with E-state index in [9.17, 15) is 4.79 Å². The number of methoxy groups -OCH3 is 1. The van der Waals surface area contributed by atoms with E-state index in [1.165, 1.54) is 12.8 Å². The summed E-state index contributed by atoms with van der Waals surface area (Å²) in [6, 6.07) is 13.8. The Morgan fingerprint density at radius 3 is 2.76 bits per heavy atom. The Balaban J connectivity index is 1.42. The van der Waals surface area contributed by atoms with Crippen molar-refractivity contribution in [2.75, 3.05) is 14.2 Å². The van der Waals surface area contributed by atoms with E-state index in [4.69, 9.17) is 19.4 Å². The molecule has 1 fully saturated rings. The van der Waals surface area contributed by atoms with Crippen LogP contribution in [-0.2, 0) is 6.42 Å². The predicted molar refractivity (Wildman–Crippen MR) is 143 cm³/mol. The maximum atomic E-state index is 12.1. The van der Waals surface area contributed by atoms with E-state index < -0.39 is 0 Å². The van der Waals surface area contributed by atoms with Crippen LogP contribution in [0.3, 0.4) is 0 Å². The van der Waals surface area contributed by atoms with Crippen LogP contribution in [0.25, 0.3) is 33.1 Å². The number of hydrogen-bond acceptors (Lipinski definition) is 5. The SMILES string of the molecule is CNC(=O)c1ccc(Cc2nc(OC3CCCC3)c3c(-c4ccc5[nH]ccc5c4)c[nH]c3n2)c(OC)c1. The number of aromatic amines is 2. The maximum absolute atomic E-state index is 12.1. The molecule has 3 N–H and O–H groups in total. The Labute approximate surface area is 214 Å². The van der Waals surface area contributed by atoms with E-state index in [0.717, 1.165) is 51.5 Å². The molecule has 1 aliphatic carbocycles. The standard InChI is InChI=1S/C29H29N5O3/c1-30-28(35)20-8-7-19(24(14-20)36-2)15-25-33-27-26(29(34-25)37-21-5-3-4-6-21)22(16-32-27)17-9-10-23-18(13-17)11-12-31-23/h7-14,16,21,31H,3-6,15H2,1-2H3,(H,30,35)(H,32,33,34). The minimum Gasteiger partial charge on any atom is -0.496 e. The molecular weight excluding hydrogens is 466 g/mol. The summed E-state index contributed by atoms with van der Waals surface area (Å²) in [5.74, 6) is 1.70. The molecule has 0 aliphatic heterocycles. The summed E-state index contributed by atoms with van der Waals surface area (Å²) in [5, 5.41) is 4.69. The number of amides is 1. The van der Waals surface area contributed by atoms with Crippen molar-refractivity contribution in [1.29, 1.82) is 0 Å². The summed E-state index contributed by atoms with van der Waals surface area (Å²) in [7, 11) is 3.21. The topological polar surface area (TPSA) is 105 Å². The lowest BCUT2D eigenvalue weighted by Crippen LogP contribution is -2.18. The second-order valence-electron chi connectivity index (χ2n) is 9.46. The van der Waals surface area contributed by atoms with E-state index >= 15 is 0 Å². The van der Waals surface area contributed by atoms with Gasteiger partial charge in [0.25, 0.3) is 5.91 Å². The van der Waals surface area contributed by atoms with Gasteiger partial charge < -0.3 is 24.8 Å². The molecular formula is C29H29N5O3. The van der Waals surface area contributed by atoms with Crippen molar-refractivity contribution in [3.05, 3.63) is 71.8 Å². The molecule has 0 atom stereocenters. The van der Waals surface area contributed by atoms with Crippen molar-refractivity contribution < 1.29 is 14.3 Å². The molecule has 37 heavy (non-hydrogen) atoms. The highest BCUT2D eigenvalue weighted by Crippen LogP contribution is 2.37. The molecule has 0 saturated heterocycles. The van der Waals surface area contributed by atoms with Gasteiger partial charge in [-0.1, -0.05) is 12.1 Å². The molecule has 8 heteroatoms. The van der Waals surface area contributed by atoms with Crippen LogP contribution in [0.1, 0.15) is 47.4 Å². The molecule has 1 amide bonds. The lowest BCUT2D eigenvalue weighted by Gasteiger charge is -2.15. The predicted octanol–water partition coefficient (Wildman–Crippen LogP) is 5.39. The van der Waals surface area contributed by atoms with E-state index in [2.05, 4.69) is 39.6 Å². The number of fused-ring (bicyclic) bond motifs is 2. The van der Waals surface area contributed by atoms with Crippen molar-refractivity contribution in [3.8, 4) is 22.8 Å². The summed E-state index contributed by atoms with van der Waals surface area (Å²) in [4.78, 5) is 28.5. The molecule has 1 saturated carbocycles. The van der Waals surface area contributed by atoms with E-state index in [1.54, 1.807) is 26.3 Å². The van der Waals surface area contributed by atoms with Gasteiger partial charge in [-0.15, -0.1) is 0 Å². The highest BCUT2D eigenvalue weighted by atomic mass is 16.5. The number of rotatable bonds is 7. The first-order chi connectivity index (χ1) is 18.1. The molecule has 1 aliphatic rings. The number of ether oxygens (including phenoxy) is 2. The fraction of sp³-hybridized carbons (Fsp3) is 0.276. The van der Waals surface area contributed by atoms with Gasteiger partial charge in [-0.25, -0.2) is 4.98 Å². The highest BCUT2D eigenvalue weighted by molar-refractivity contribution is 5.99. The Bertz CT molecular complexity index is 1600. The molecule has 2 aromatic carbocycles. The van der Waals surface area contributed by atoms with Crippen LogP contribution in [0, 0.1) is 0 Å². The molecule has 6 rings (SSSR count). The zero-order chi connectivity index (χ0) is 25.4. The first kappa shape index (κ1) is 23.1. The second-order valence-corrected chi connectivity index (χ2v) is 9.46. The van der Waals surface area contributed by atoms with Gasteiger partial charge in [0.2, 0.25) is 5.88 Å². The quantitative estimate of drug-likeness (QED) is 0.281. The zero-order valence-electron chi connectivity index (χ0n) is 20.9. The van der Waals surface area contributed by atoms with Crippen LogP contribution in [0.2, 0.25) is 0 Å². The molecule has 3 aromatic heterocycles. The number of carbonyl (C=O) groups is 1. The third kappa shape index (κ3) is 4.39. The van der Waals surface area contributed by atoms with Crippen LogP contribution in [0.15, 0.2) is 54.9 Å². The summed E-state index contributed by atoms with van der Waals surface area (Å²) < 4.78 is 12.1. The Kier molecular flexibility index (Phi) is 6.00. The summed E-state index contributed by atoms with van der Waals surface area (Å²) in [6.45, 7) is 0. The number of nitrogens with one attached hydrogen (secondary N) is 3. The van der Waals surface area contributed by atoms with Crippen molar-refractivity contribution in [2.24, 2.45) is 0 Å². The third-order valence-electron chi connectivity index (χ3n) is 7.11. The smallest absolute Gasteiger partial charge is 0.251 e. The van der Waals surface area contributed by atoms with Crippen LogP contribution < -0.4 is 14.8 Å². The lowest BCUT2D eigenvalue weighted by molar-refractivity contribution is 0.0962. The molecule has 0 unspecified atom stereocenters. The summed E-state index contributed by atoms with van der Waals surface area (Å²) in [5.41, 5.74) is 5.37. The van der Waals surface area contributed by atoms with Gasteiger partial charge in [0.1, 0.15) is 23.3 Å². The highest BCUT2D eigenvalue weighted by Gasteiger charge is 2.23. The van der Waals surface area contributed by atoms with Crippen molar-refractivity contribution in [1.82, 2.24) is 25.3 Å². The van der Waals surface area contributed by atoms with Gasteiger partial charge in [0.05, 0.1) is 12.5 Å². The molecule has 0 spiro atoms. The van der Waals surface area contributed by atoms with Gasteiger partial charge in [-0.3, -0.25) is 4.79 Å². The maximum Gasteiger partial charge on any atom is 0.251 e. The molecule has 188 valence electrons. The van der Waals surface area contributed by atoms with E-state index in [-0.39, 0.29) is 12.0 Å². The van der Waals surface area contributed by atoms with E-state index in [1.807, 2.05) is 18.5 Å². The summed E-state index contributed by atoms with van der Waals surface area (Å²) >= 11 is 0. The number of hydrogen-bond donors (Lipinski definition) is 3. The van der Waals surface area contributed by atoms with Gasteiger partial charge in [-0.05, 0) is 67.0 Å². The first-order valence-corrected chi connectivity index (χ1v) is 12.6. The van der Waals surface area contributed by atoms with Crippen molar-refractivity contribution in [3.63, 3.8) is 0 Å². The zero-order valence-corrected chi connectivity index (χ0v) is 20.9. The first-order valence-electron chi connectivity index (χ1n) is 12.6. The molecule has 8 nitrogen and oxygen atoms in total. The average molecular weight is 496 g/mol. The van der Waals surface area contributed by atoms with Gasteiger partial charge >= 0.3 is 0 Å². The van der Waals surface area contributed by atoms with Gasteiger partial charge in [0, 0.05) is 48.1 Å². The van der Waals surface area contributed by atoms with Crippen LogP contribution in [-0.4, -0.2) is 46.1 Å². The number of carbonyl (C=O) groups excluding carboxylic acids is 1. The van der Waals surface area contributed by atoms with Crippen LogP contribution in [0.5, 0.6) is 11.6 Å². The number of benzene rings is 2. The fourth-order valence-electron chi connectivity index (χ4n) is 5.17. The molecule has 3 heterocycles. The van der Waals surface area contributed by atoms with Crippen LogP contribution in [0.4, 0.5) is 0 Å². The minimum absolute atomic E-state index is 0.155. The molecule has 0 bridgehead atoms. The van der Waals surface area contributed by atoms with Crippen molar-refractivity contribution in [2.45, 2.75) is 38.2 Å². The minimum atomic E-state index is -0.161. The fourth-order valence-corrected chi connectivity index (χ4v) is 5.17. The van der Waals surface area contributed by atoms with Crippen molar-refractivity contribution >= 4 is 27.8 Å². The number of aromatic nitrogens is 4. The Morgan fingerprint density at radius 2 is 1.95 bits per heavy atom. The number of nitrogens with zero attached hydrogens (tertiary/aromatic N) is 2. The Morgan fingerprint density at radius 1 is 1.08 bits per heavy atom. The number of H-pyrrole nitrogens is 2. The lowest BCUT2D eigenvalue weighted by atomic mass is 10.0. The Hall–Kier alpha value is -4.33. The normalized spacial score (nSPS) is 13.9. The van der Waals surface area contributed by atoms with Gasteiger partial charge in [0.15, 0.2) is 0 Å². The molecule has 0 radical (unpaired) electrons. The summed E-state index contributed by atoms with van der Waals surface area (Å²) in [6.07, 6.45) is 8.94. The average Bonchev–Trinajstić information content (AvgIpc) is 3.69. The second kappa shape index (κ2) is 9.61. The van der Waals surface area contributed by atoms with Crippen LogP contribution >= 0.6 is 0 Å². The largest absolute Gasteiger partial charge is 0.496 e. The monoisotopic (exact) mass is 495 g/mol. The third-order valence-corrected chi connectivity index (χ3v) is 7.11. The van der Waals surface area contributed by atoms with Gasteiger partial charge in [-0.2, -0.15) is 4.98 Å². The molecule has 5 aromatic rings. The van der Waals surface area contributed by atoms with E-state index in [0.29, 0.717) is 29.4 Å².